The van der Waals surface area contributed by atoms with Gasteiger partial charge in [0.05, 0.1) is 0 Å². The van der Waals surface area contributed by atoms with Crippen molar-refractivity contribution in [2.75, 3.05) is 14.2 Å². The molecule has 0 radical (unpaired) electrons. The fraction of sp³-hybridized carbons (Fsp3) is 0.556. The average Bonchev–Trinajstić information content (AvgIpc) is 2.20. The summed E-state index contributed by atoms with van der Waals surface area (Å²) in [6.07, 6.45) is 5.34. The Hall–Kier alpha value is -0.320. The molecule has 0 fully saturated rings. The van der Waals surface area contributed by atoms with E-state index < -0.39 is 0 Å². The molecule has 0 unspecified atom stereocenters. The number of hydrogen-bond acceptors (Lipinski definition) is 4. The van der Waals surface area contributed by atoms with Gasteiger partial charge in [-0.2, -0.15) is 0 Å². The normalized spacial score (nSPS) is 6.57. The molecule has 0 heterocycles. The minimum Gasteiger partial charge on any atom is -0.655 e. The van der Waals surface area contributed by atoms with E-state index in [4.69, 9.17) is 9.59 Å². The minimum atomic E-state index is 0. The Morgan fingerprint density at radius 3 is 1.43 bits per heavy atom. The molecule has 14 heavy (non-hydrogen) atoms. The molecule has 0 saturated carbocycles. The Morgan fingerprint density at radius 2 is 1.43 bits per heavy atom. The quantitative estimate of drug-likeness (QED) is 0.320. The van der Waals surface area contributed by atoms with Crippen molar-refractivity contribution in [1.29, 1.82) is 0 Å². The SMILES string of the molecule is C/C=C/CC.CO[C-]=O.CO[C-]=O.[Na+]. The molecule has 0 bridgehead atoms. The van der Waals surface area contributed by atoms with Gasteiger partial charge in [0.25, 0.3) is 0 Å². The molecule has 0 N–H and O–H groups in total. The molecule has 5 heteroatoms. The maximum atomic E-state index is 8.83. The van der Waals surface area contributed by atoms with Gasteiger partial charge in [0.2, 0.25) is 0 Å². The van der Waals surface area contributed by atoms with Crippen LogP contribution in [-0.4, -0.2) is 27.2 Å². The zero-order valence-electron chi connectivity index (χ0n) is 9.49. The summed E-state index contributed by atoms with van der Waals surface area (Å²) in [5.41, 5.74) is 0. The molecule has 0 aliphatic carbocycles. The van der Waals surface area contributed by atoms with Crippen LogP contribution in [0.15, 0.2) is 12.2 Å². The number of carbonyl (C=O) groups excluding carboxylic acids is 2. The summed E-state index contributed by atoms with van der Waals surface area (Å²) >= 11 is 0. The van der Waals surface area contributed by atoms with Gasteiger partial charge < -0.3 is 19.1 Å². The average molecular weight is 211 g/mol. The molecule has 0 aliphatic heterocycles. The second kappa shape index (κ2) is 38.8. The third-order valence-electron chi connectivity index (χ3n) is 0.638. The summed E-state index contributed by atoms with van der Waals surface area (Å²) in [7, 11) is 2.51. The molecule has 0 rings (SSSR count). The van der Waals surface area contributed by atoms with Crippen LogP contribution in [0.5, 0.6) is 0 Å². The van der Waals surface area contributed by atoms with Crippen molar-refractivity contribution < 1.29 is 48.6 Å². The third kappa shape index (κ3) is 98.4. The number of rotatable bonds is 3. The van der Waals surface area contributed by atoms with Crippen LogP contribution < -0.4 is 29.6 Å². The Labute approximate surface area is 108 Å². The number of methoxy groups -OCH3 is 2. The monoisotopic (exact) mass is 211 g/mol. The van der Waals surface area contributed by atoms with Gasteiger partial charge in [0.1, 0.15) is 0 Å². The zero-order chi connectivity index (χ0) is 10.9. The van der Waals surface area contributed by atoms with Crippen LogP contribution >= 0.6 is 0 Å². The topological polar surface area (TPSA) is 52.6 Å². The van der Waals surface area contributed by atoms with Gasteiger partial charge in [-0.05, 0) is 13.3 Å². The summed E-state index contributed by atoms with van der Waals surface area (Å²) in [6.45, 7) is 6.52. The van der Waals surface area contributed by atoms with E-state index in [1.54, 1.807) is 0 Å². The molecule has 0 spiro atoms. The summed E-state index contributed by atoms with van der Waals surface area (Å²) in [5, 5.41) is 0. The van der Waals surface area contributed by atoms with Gasteiger partial charge in [0.15, 0.2) is 0 Å². The van der Waals surface area contributed by atoms with E-state index in [1.165, 1.54) is 27.2 Å². The van der Waals surface area contributed by atoms with Gasteiger partial charge in [-0.1, -0.05) is 32.0 Å². The van der Waals surface area contributed by atoms with Crippen molar-refractivity contribution in [2.45, 2.75) is 20.3 Å². The third-order valence-corrected chi connectivity index (χ3v) is 0.638. The maximum absolute atomic E-state index is 8.83. The van der Waals surface area contributed by atoms with Gasteiger partial charge >= 0.3 is 29.6 Å². The zero-order valence-corrected chi connectivity index (χ0v) is 11.5. The van der Waals surface area contributed by atoms with E-state index in [-0.39, 0.29) is 29.6 Å². The predicted octanol–water partition coefficient (Wildman–Crippen LogP) is -1.62. The van der Waals surface area contributed by atoms with Crippen LogP contribution in [0.3, 0.4) is 0 Å². The van der Waals surface area contributed by atoms with E-state index in [0.29, 0.717) is 0 Å². The van der Waals surface area contributed by atoms with Crippen LogP contribution in [0.2, 0.25) is 0 Å². The fourth-order valence-electron chi connectivity index (χ4n) is 0.236. The van der Waals surface area contributed by atoms with Crippen molar-refractivity contribution in [3.8, 4) is 0 Å². The smallest absolute Gasteiger partial charge is 0.655 e. The van der Waals surface area contributed by atoms with Crippen molar-refractivity contribution in [2.24, 2.45) is 0 Å². The number of allylic oxidation sites excluding steroid dienone is 2. The van der Waals surface area contributed by atoms with Gasteiger partial charge in [-0.25, -0.2) is 0 Å². The first kappa shape index (κ1) is 23.5. The van der Waals surface area contributed by atoms with Crippen molar-refractivity contribution in [1.82, 2.24) is 0 Å². The predicted molar refractivity (Wildman–Crippen MR) is 50.5 cm³/mol. The molecule has 0 aromatic heterocycles. The van der Waals surface area contributed by atoms with Gasteiger partial charge in [0, 0.05) is 14.2 Å². The minimum absolute atomic E-state index is 0. The summed E-state index contributed by atoms with van der Waals surface area (Å²) in [5.74, 6) is 0. The molecular weight excluding hydrogens is 195 g/mol. The molecule has 4 nitrogen and oxygen atoms in total. The van der Waals surface area contributed by atoms with E-state index in [1.807, 2.05) is 6.92 Å². The summed E-state index contributed by atoms with van der Waals surface area (Å²) < 4.78 is 7.47. The second-order valence-electron chi connectivity index (χ2n) is 1.55. The fourth-order valence-corrected chi connectivity index (χ4v) is 0.236. The van der Waals surface area contributed by atoms with Crippen molar-refractivity contribution in [3.05, 3.63) is 12.2 Å². The molecule has 0 saturated heterocycles. The standard InChI is InChI=1S/C5H10.2C2H3O2.Na/c1-3-5-4-2;2*1-4-2-3;/h3,5H,4H2,1-2H3;2*1H3;/q;2*-1;+1/b5-3+;;;. The van der Waals surface area contributed by atoms with Crippen LogP contribution in [0.1, 0.15) is 20.3 Å². The van der Waals surface area contributed by atoms with E-state index in [0.717, 1.165) is 6.42 Å². The van der Waals surface area contributed by atoms with Gasteiger partial charge in [-0.15, -0.1) is 0 Å². The Morgan fingerprint density at radius 1 is 1.14 bits per heavy atom. The molecule has 0 atom stereocenters. The first-order valence-electron chi connectivity index (χ1n) is 3.66. The Bertz CT molecular complexity index is 107. The molecule has 78 valence electrons. The van der Waals surface area contributed by atoms with E-state index >= 15 is 0 Å². The first-order chi connectivity index (χ1) is 6.24. The van der Waals surface area contributed by atoms with Crippen molar-refractivity contribution in [3.63, 3.8) is 0 Å². The second-order valence-corrected chi connectivity index (χ2v) is 1.55. The van der Waals surface area contributed by atoms with Crippen LogP contribution in [0, 0.1) is 0 Å². The molecule has 0 amide bonds. The Kier molecular flexibility index (Phi) is 65.0. The van der Waals surface area contributed by atoms with E-state index in [2.05, 4.69) is 28.5 Å². The maximum Gasteiger partial charge on any atom is 1.00 e. The van der Waals surface area contributed by atoms with Crippen LogP contribution in [0.4, 0.5) is 0 Å². The molecule has 0 aliphatic rings. The largest absolute Gasteiger partial charge is 1.00 e. The molecular formula is C9H16NaO4-. The summed E-state index contributed by atoms with van der Waals surface area (Å²) in [6, 6.07) is 0. The Balaban J connectivity index is -0.0000000522. The van der Waals surface area contributed by atoms with Crippen LogP contribution in [0.25, 0.3) is 0 Å². The number of hydrogen-bond donors (Lipinski definition) is 0. The van der Waals surface area contributed by atoms with E-state index in [9.17, 15) is 0 Å². The molecule has 0 aromatic rings. The van der Waals surface area contributed by atoms with Gasteiger partial charge in [-0.3, -0.25) is 0 Å². The molecule has 0 aromatic carbocycles. The van der Waals surface area contributed by atoms with Crippen molar-refractivity contribution >= 4 is 12.9 Å². The summed E-state index contributed by atoms with van der Waals surface area (Å²) in [4.78, 5) is 17.7. The number of ether oxygens (including phenoxy) is 2. The van der Waals surface area contributed by atoms with Crippen LogP contribution in [-0.2, 0) is 19.1 Å². The first-order valence-corrected chi connectivity index (χ1v) is 3.66.